The van der Waals surface area contributed by atoms with E-state index >= 15 is 0 Å². The third kappa shape index (κ3) is 80.1. The Morgan fingerprint density at radius 1 is 0.236 bits per heavy atom. The first kappa shape index (κ1) is 104. The molecule has 0 saturated heterocycles. The van der Waals surface area contributed by atoms with E-state index in [2.05, 4.69) is 55.4 Å². The Labute approximate surface area is 651 Å². The summed E-state index contributed by atoms with van der Waals surface area (Å²) in [4.78, 5) is 73.2. The number of phosphoric ester groups is 2. The van der Waals surface area contributed by atoms with E-state index in [9.17, 15) is 43.2 Å². The second-order valence-corrected chi connectivity index (χ2v) is 36.1. The van der Waals surface area contributed by atoms with Crippen molar-refractivity contribution in [3.8, 4) is 0 Å². The SMILES string of the molecule is CC(C)CCCCCCCCCCCCCCCCCCCCC(=O)O[C@H](COC(=O)CCCCCCCCCC(C)C)COP(=O)(O)OCC(O)COP(=O)(O)OC[C@@H](COC(=O)CCCCCCCCCCCCCCCCC(C)C)OC(=O)CCCCCCCCCCCCCCCCCC(C)C. The Balaban J connectivity index is 5.22. The zero-order chi connectivity index (χ0) is 78.1. The second kappa shape index (κ2) is 75.7. The molecule has 17 nitrogen and oxygen atoms in total. The van der Waals surface area contributed by atoms with Crippen molar-refractivity contribution in [3.63, 3.8) is 0 Å². The highest BCUT2D eigenvalue weighted by molar-refractivity contribution is 7.47. The number of carbonyl (C=O) groups excluding carboxylic acids is 4. The highest BCUT2D eigenvalue weighted by Crippen LogP contribution is 2.45. The Morgan fingerprint density at radius 3 is 0.585 bits per heavy atom. The van der Waals surface area contributed by atoms with Crippen molar-refractivity contribution in [1.82, 2.24) is 0 Å². The average Bonchev–Trinajstić information content (AvgIpc) is 0.902. The normalized spacial score (nSPS) is 13.9. The number of ether oxygens (including phenoxy) is 4. The molecule has 106 heavy (non-hydrogen) atoms. The van der Waals surface area contributed by atoms with Gasteiger partial charge >= 0.3 is 39.5 Å². The fraction of sp³-hybridized carbons (Fsp3) is 0.954. The van der Waals surface area contributed by atoms with E-state index in [0.717, 1.165) is 114 Å². The predicted octanol–water partition coefficient (Wildman–Crippen LogP) is 26.3. The summed E-state index contributed by atoms with van der Waals surface area (Å²) in [5, 5.41) is 10.7. The largest absolute Gasteiger partial charge is 0.472 e. The topological polar surface area (TPSA) is 237 Å². The molecule has 630 valence electrons. The lowest BCUT2D eigenvalue weighted by Gasteiger charge is -2.21. The molecule has 0 aromatic heterocycles. The van der Waals surface area contributed by atoms with Crippen LogP contribution in [0.4, 0.5) is 0 Å². The number of phosphoric acid groups is 2. The van der Waals surface area contributed by atoms with Crippen LogP contribution in [0.5, 0.6) is 0 Å². The van der Waals surface area contributed by atoms with E-state index in [0.29, 0.717) is 31.6 Å². The molecule has 0 heterocycles. The van der Waals surface area contributed by atoms with Crippen LogP contribution in [0.25, 0.3) is 0 Å². The quantitative estimate of drug-likeness (QED) is 0.0222. The van der Waals surface area contributed by atoms with Crippen LogP contribution in [-0.4, -0.2) is 96.7 Å². The summed E-state index contributed by atoms with van der Waals surface area (Å²) in [7, 11) is -9.93. The lowest BCUT2D eigenvalue weighted by Crippen LogP contribution is -2.30. The Hall–Kier alpha value is -1.94. The standard InChI is InChI=1S/C87H170O17P2/c1-77(2)63-55-47-39-32-26-20-14-11-9-10-12-16-24-30-36-44-53-61-70-87(92)104-83(74-98-85(90)68-60-52-46-38-42-50-58-66-80(7)8)76-102-106(95,96)100-72-81(88)71-99-105(93,94)101-75-82(73-97-84(89)67-59-51-43-35-29-23-19-18-22-28-34-41-49-57-65-79(5)6)103-86(91)69-62-54-45-37-31-25-17-13-15-21-27-33-40-48-56-64-78(3)4/h77-83,88H,9-76H2,1-8H3,(H,93,94)(H,95,96)/t81?,82-,83-/m1/s1. The van der Waals surface area contributed by atoms with Gasteiger partial charge in [-0.3, -0.25) is 37.3 Å². The van der Waals surface area contributed by atoms with E-state index in [-0.39, 0.29) is 25.7 Å². The zero-order valence-electron chi connectivity index (χ0n) is 70.1. The Bertz CT molecular complexity index is 2060. The molecule has 0 aliphatic carbocycles. The lowest BCUT2D eigenvalue weighted by atomic mass is 10.0. The first-order chi connectivity index (χ1) is 51.1. The number of hydrogen-bond acceptors (Lipinski definition) is 15. The molecular formula is C87H170O17P2. The maximum Gasteiger partial charge on any atom is 0.472 e. The van der Waals surface area contributed by atoms with Gasteiger partial charge in [-0.05, 0) is 49.4 Å². The van der Waals surface area contributed by atoms with Gasteiger partial charge in [0.25, 0.3) is 0 Å². The third-order valence-corrected chi connectivity index (χ3v) is 22.2. The molecule has 0 bridgehead atoms. The van der Waals surface area contributed by atoms with Crippen LogP contribution in [0, 0.1) is 23.7 Å². The second-order valence-electron chi connectivity index (χ2n) is 33.2. The Kier molecular flexibility index (Phi) is 74.3. The van der Waals surface area contributed by atoms with Gasteiger partial charge in [0.15, 0.2) is 12.2 Å². The molecule has 0 saturated carbocycles. The summed E-state index contributed by atoms with van der Waals surface area (Å²) in [6.07, 6.45) is 65.4. The number of aliphatic hydroxyl groups is 1. The van der Waals surface area contributed by atoms with Gasteiger partial charge < -0.3 is 33.8 Å². The van der Waals surface area contributed by atoms with Gasteiger partial charge in [-0.2, -0.15) is 0 Å². The lowest BCUT2D eigenvalue weighted by molar-refractivity contribution is -0.161. The summed E-state index contributed by atoms with van der Waals surface area (Å²) in [5.41, 5.74) is 0. The molecule has 0 spiro atoms. The Morgan fingerprint density at radius 2 is 0.396 bits per heavy atom. The minimum absolute atomic E-state index is 0.107. The molecule has 0 radical (unpaired) electrons. The van der Waals surface area contributed by atoms with Gasteiger partial charge in [-0.1, -0.05) is 402 Å². The molecule has 5 atom stereocenters. The van der Waals surface area contributed by atoms with Crippen LogP contribution in [0.15, 0.2) is 0 Å². The predicted molar refractivity (Wildman–Crippen MR) is 437 cm³/mol. The summed E-state index contributed by atoms with van der Waals surface area (Å²) < 4.78 is 68.9. The van der Waals surface area contributed by atoms with Crippen molar-refractivity contribution < 1.29 is 80.2 Å². The molecule has 0 fully saturated rings. The van der Waals surface area contributed by atoms with Gasteiger partial charge in [0.1, 0.15) is 19.3 Å². The van der Waals surface area contributed by atoms with E-state index in [4.69, 9.17) is 37.0 Å². The van der Waals surface area contributed by atoms with E-state index in [1.807, 2.05) is 0 Å². The van der Waals surface area contributed by atoms with Crippen molar-refractivity contribution in [2.24, 2.45) is 23.7 Å². The molecule has 0 rings (SSSR count). The first-order valence-corrected chi connectivity index (χ1v) is 47.7. The van der Waals surface area contributed by atoms with Gasteiger partial charge in [-0.25, -0.2) is 9.13 Å². The smallest absolute Gasteiger partial charge is 0.462 e. The summed E-state index contributed by atoms with van der Waals surface area (Å²) >= 11 is 0. The van der Waals surface area contributed by atoms with Crippen molar-refractivity contribution in [2.75, 3.05) is 39.6 Å². The molecule has 0 aliphatic rings. The molecule has 0 aromatic carbocycles. The first-order valence-electron chi connectivity index (χ1n) is 44.7. The summed E-state index contributed by atoms with van der Waals surface area (Å²) in [6, 6.07) is 0. The number of unbranched alkanes of at least 4 members (excludes halogenated alkanes) is 50. The van der Waals surface area contributed by atoms with Crippen molar-refractivity contribution in [2.45, 2.75) is 472 Å². The highest BCUT2D eigenvalue weighted by Gasteiger charge is 2.31. The van der Waals surface area contributed by atoms with Crippen molar-refractivity contribution in [1.29, 1.82) is 0 Å². The molecule has 0 aromatic rings. The molecule has 0 aliphatic heterocycles. The minimum Gasteiger partial charge on any atom is -0.462 e. The van der Waals surface area contributed by atoms with E-state index < -0.39 is 97.5 Å². The number of hydrogen-bond donors (Lipinski definition) is 3. The van der Waals surface area contributed by atoms with Crippen LogP contribution >= 0.6 is 15.6 Å². The number of esters is 4. The summed E-state index contributed by atoms with van der Waals surface area (Å²) in [5.74, 6) is 1.02. The maximum absolute atomic E-state index is 13.1. The monoisotopic (exact) mass is 1550 g/mol. The number of aliphatic hydroxyl groups excluding tert-OH is 1. The molecule has 0 amide bonds. The van der Waals surface area contributed by atoms with Gasteiger partial charge in [0.2, 0.25) is 0 Å². The van der Waals surface area contributed by atoms with Crippen LogP contribution in [0.3, 0.4) is 0 Å². The van der Waals surface area contributed by atoms with Crippen LogP contribution < -0.4 is 0 Å². The number of carbonyl (C=O) groups is 4. The van der Waals surface area contributed by atoms with Gasteiger partial charge in [0, 0.05) is 25.7 Å². The average molecular weight is 1550 g/mol. The van der Waals surface area contributed by atoms with Gasteiger partial charge in [-0.15, -0.1) is 0 Å². The highest BCUT2D eigenvalue weighted by atomic mass is 31.2. The molecular weight excluding hydrogens is 1380 g/mol. The van der Waals surface area contributed by atoms with Crippen LogP contribution in [0.1, 0.15) is 453 Å². The molecule has 3 unspecified atom stereocenters. The van der Waals surface area contributed by atoms with Gasteiger partial charge in [0.05, 0.1) is 26.4 Å². The van der Waals surface area contributed by atoms with Crippen molar-refractivity contribution >= 4 is 39.5 Å². The summed E-state index contributed by atoms with van der Waals surface area (Å²) in [6.45, 7) is 14.3. The zero-order valence-corrected chi connectivity index (χ0v) is 71.9. The fourth-order valence-electron chi connectivity index (χ4n) is 13.5. The van der Waals surface area contributed by atoms with E-state index in [1.165, 1.54) is 250 Å². The van der Waals surface area contributed by atoms with Crippen molar-refractivity contribution in [3.05, 3.63) is 0 Å². The van der Waals surface area contributed by atoms with Crippen LogP contribution in [0.2, 0.25) is 0 Å². The molecule has 3 N–H and O–H groups in total. The third-order valence-electron chi connectivity index (χ3n) is 20.3. The fourth-order valence-corrected chi connectivity index (χ4v) is 15.1. The van der Waals surface area contributed by atoms with E-state index in [1.54, 1.807) is 0 Å². The number of rotatable bonds is 84. The minimum atomic E-state index is -4.97. The molecule has 19 heteroatoms. The van der Waals surface area contributed by atoms with Crippen LogP contribution in [-0.2, 0) is 65.4 Å². The maximum atomic E-state index is 13.1.